The van der Waals surface area contributed by atoms with Crippen LogP contribution in [0.2, 0.25) is 5.02 Å². The molecule has 0 bridgehead atoms. The van der Waals surface area contributed by atoms with Crippen LogP contribution in [0.4, 0.5) is 0 Å². The number of hydrogen-bond donors (Lipinski definition) is 1. The molecule has 0 spiro atoms. The van der Waals surface area contributed by atoms with E-state index >= 15 is 0 Å². The lowest BCUT2D eigenvalue weighted by atomic mass is 10.1. The molecule has 14 heavy (non-hydrogen) atoms. The van der Waals surface area contributed by atoms with Crippen LogP contribution in [0.25, 0.3) is 0 Å². The van der Waals surface area contributed by atoms with Gasteiger partial charge in [0.25, 0.3) is 0 Å². The van der Waals surface area contributed by atoms with E-state index in [1.54, 1.807) is 6.07 Å². The van der Waals surface area contributed by atoms with Crippen molar-refractivity contribution in [1.82, 2.24) is 0 Å². The summed E-state index contributed by atoms with van der Waals surface area (Å²) in [4.78, 5) is 0. The quantitative estimate of drug-likeness (QED) is 0.788. The van der Waals surface area contributed by atoms with Crippen molar-refractivity contribution >= 4 is 27.5 Å². The van der Waals surface area contributed by atoms with Gasteiger partial charge in [0, 0.05) is 10.0 Å². The Morgan fingerprint density at radius 2 is 2.29 bits per heavy atom. The van der Waals surface area contributed by atoms with Crippen LogP contribution < -0.4 is 4.74 Å². The molecule has 1 aromatic rings. The van der Waals surface area contributed by atoms with Crippen molar-refractivity contribution < 1.29 is 9.84 Å². The maximum atomic E-state index is 9.83. The molecule has 1 aliphatic heterocycles. The van der Waals surface area contributed by atoms with E-state index in [-0.39, 0.29) is 0 Å². The molecule has 0 saturated carbocycles. The number of benzene rings is 1. The highest BCUT2D eigenvalue weighted by Gasteiger charge is 2.20. The molecular weight excluding hydrogens is 267 g/mol. The van der Waals surface area contributed by atoms with E-state index in [1.807, 2.05) is 6.07 Å². The Kier molecular flexibility index (Phi) is 3.00. The van der Waals surface area contributed by atoms with Gasteiger partial charge in [-0.3, -0.25) is 0 Å². The third kappa shape index (κ3) is 1.90. The summed E-state index contributed by atoms with van der Waals surface area (Å²) in [6.07, 6.45) is 1.10. The van der Waals surface area contributed by atoms with Crippen LogP contribution >= 0.6 is 27.5 Å². The van der Waals surface area contributed by atoms with Crippen LogP contribution in [0.5, 0.6) is 5.75 Å². The average Bonchev–Trinajstić information content (AvgIpc) is 2.29. The number of ether oxygens (including phenoxy) is 1. The van der Waals surface area contributed by atoms with Gasteiger partial charge in [-0.1, -0.05) is 27.5 Å². The van der Waals surface area contributed by atoms with Gasteiger partial charge in [-0.25, -0.2) is 0 Å². The summed E-state index contributed by atoms with van der Waals surface area (Å²) in [5.41, 5.74) is 0.780. The number of rotatable bonds is 0. The molecule has 0 radical (unpaired) electrons. The van der Waals surface area contributed by atoms with Gasteiger partial charge < -0.3 is 9.84 Å². The van der Waals surface area contributed by atoms with Gasteiger partial charge in [-0.15, -0.1) is 0 Å². The first-order valence-electron chi connectivity index (χ1n) is 4.48. The molecule has 1 N–H and O–H groups in total. The summed E-state index contributed by atoms with van der Waals surface area (Å²) in [6, 6.07) is 3.63. The van der Waals surface area contributed by atoms with E-state index in [4.69, 9.17) is 16.3 Å². The fourth-order valence-corrected chi connectivity index (χ4v) is 2.48. The second kappa shape index (κ2) is 4.09. The normalized spacial score (nSPS) is 20.9. The van der Waals surface area contributed by atoms with Gasteiger partial charge in [0.15, 0.2) is 0 Å². The summed E-state index contributed by atoms with van der Waals surface area (Å²) >= 11 is 9.36. The topological polar surface area (TPSA) is 29.5 Å². The monoisotopic (exact) mass is 276 g/mol. The first-order valence-corrected chi connectivity index (χ1v) is 5.65. The molecule has 0 unspecified atom stereocenters. The van der Waals surface area contributed by atoms with E-state index in [2.05, 4.69) is 15.9 Å². The van der Waals surface area contributed by atoms with Crippen molar-refractivity contribution in [2.24, 2.45) is 0 Å². The summed E-state index contributed by atoms with van der Waals surface area (Å²) in [5.74, 6) is 0.625. The standard InChI is InChI=1S/C10H10BrClO2/c11-6-4-7-9(13)2-1-3-14-10(7)8(12)5-6/h4-5,9,13H,1-3H2/t9-/m1/s1. The van der Waals surface area contributed by atoms with Gasteiger partial charge in [-0.2, -0.15) is 0 Å². The second-order valence-electron chi connectivity index (χ2n) is 3.31. The van der Waals surface area contributed by atoms with Gasteiger partial charge in [0.1, 0.15) is 5.75 Å². The van der Waals surface area contributed by atoms with E-state index < -0.39 is 6.10 Å². The summed E-state index contributed by atoms with van der Waals surface area (Å²) in [5, 5.41) is 10.4. The largest absolute Gasteiger partial charge is 0.492 e. The maximum absolute atomic E-state index is 9.83. The predicted octanol–water partition coefficient (Wildman–Crippen LogP) is 3.31. The predicted molar refractivity (Wildman–Crippen MR) is 58.8 cm³/mol. The maximum Gasteiger partial charge on any atom is 0.143 e. The third-order valence-electron chi connectivity index (χ3n) is 2.26. The van der Waals surface area contributed by atoms with Crippen LogP contribution in [-0.4, -0.2) is 11.7 Å². The molecule has 1 heterocycles. The second-order valence-corrected chi connectivity index (χ2v) is 4.64. The van der Waals surface area contributed by atoms with Crippen molar-refractivity contribution in [2.75, 3.05) is 6.61 Å². The molecule has 1 aromatic carbocycles. The Morgan fingerprint density at radius 1 is 1.50 bits per heavy atom. The van der Waals surface area contributed by atoms with Crippen LogP contribution in [0.1, 0.15) is 24.5 Å². The molecule has 0 amide bonds. The van der Waals surface area contributed by atoms with Crippen molar-refractivity contribution in [3.05, 3.63) is 27.2 Å². The van der Waals surface area contributed by atoms with E-state index in [0.717, 1.165) is 22.9 Å². The van der Waals surface area contributed by atoms with Gasteiger partial charge in [0.2, 0.25) is 0 Å². The number of hydrogen-bond acceptors (Lipinski definition) is 2. The fourth-order valence-electron chi connectivity index (χ4n) is 1.59. The Bertz CT molecular complexity index is 354. The van der Waals surface area contributed by atoms with Gasteiger partial charge >= 0.3 is 0 Å². The zero-order chi connectivity index (χ0) is 10.1. The number of aliphatic hydroxyl groups excluding tert-OH is 1. The zero-order valence-corrected chi connectivity index (χ0v) is 9.81. The zero-order valence-electron chi connectivity index (χ0n) is 7.46. The molecule has 0 aromatic heterocycles. The third-order valence-corrected chi connectivity index (χ3v) is 3.00. The molecule has 0 aliphatic carbocycles. The Labute approximate surface area is 96.0 Å². The summed E-state index contributed by atoms with van der Waals surface area (Å²) in [7, 11) is 0. The molecule has 1 atom stereocenters. The Hall–Kier alpha value is -0.250. The first-order chi connectivity index (χ1) is 6.68. The molecule has 4 heteroatoms. The highest BCUT2D eigenvalue weighted by molar-refractivity contribution is 9.10. The van der Waals surface area contributed by atoms with Crippen molar-refractivity contribution in [3.63, 3.8) is 0 Å². The fraction of sp³-hybridized carbons (Fsp3) is 0.400. The molecule has 76 valence electrons. The average molecular weight is 278 g/mol. The highest BCUT2D eigenvalue weighted by atomic mass is 79.9. The highest BCUT2D eigenvalue weighted by Crippen LogP contribution is 2.39. The molecule has 2 rings (SSSR count). The summed E-state index contributed by atoms with van der Waals surface area (Å²) in [6.45, 7) is 0.616. The minimum Gasteiger partial charge on any atom is -0.492 e. The Balaban J connectivity index is 2.53. The van der Waals surface area contributed by atoms with Gasteiger partial charge in [0.05, 0.1) is 17.7 Å². The van der Waals surface area contributed by atoms with Crippen LogP contribution in [0.3, 0.4) is 0 Å². The minimum atomic E-state index is -0.470. The Morgan fingerprint density at radius 3 is 3.07 bits per heavy atom. The van der Waals surface area contributed by atoms with Crippen molar-refractivity contribution in [3.8, 4) is 5.75 Å². The van der Waals surface area contributed by atoms with Gasteiger partial charge in [-0.05, 0) is 25.0 Å². The molecule has 2 nitrogen and oxygen atoms in total. The first kappa shape index (κ1) is 10.3. The lowest BCUT2D eigenvalue weighted by molar-refractivity contribution is 0.167. The van der Waals surface area contributed by atoms with Crippen LogP contribution in [0.15, 0.2) is 16.6 Å². The van der Waals surface area contributed by atoms with Crippen LogP contribution in [-0.2, 0) is 0 Å². The smallest absolute Gasteiger partial charge is 0.143 e. The van der Waals surface area contributed by atoms with Crippen LogP contribution in [0, 0.1) is 0 Å². The minimum absolute atomic E-state index is 0.470. The molecular formula is C10H10BrClO2. The molecule has 1 aliphatic rings. The van der Waals surface area contributed by atoms with Crippen molar-refractivity contribution in [1.29, 1.82) is 0 Å². The lowest BCUT2D eigenvalue weighted by Gasteiger charge is -2.12. The number of halogens is 2. The van der Waals surface area contributed by atoms with Crippen molar-refractivity contribution in [2.45, 2.75) is 18.9 Å². The SMILES string of the molecule is O[C@@H]1CCCOc2c(Cl)cc(Br)cc21. The van der Waals surface area contributed by atoms with E-state index in [1.165, 1.54) is 0 Å². The molecule has 0 saturated heterocycles. The number of aliphatic hydroxyl groups is 1. The van der Waals surface area contributed by atoms with E-state index in [0.29, 0.717) is 17.4 Å². The van der Waals surface area contributed by atoms with E-state index in [9.17, 15) is 5.11 Å². The molecule has 0 fully saturated rings. The lowest BCUT2D eigenvalue weighted by Crippen LogP contribution is -1.97. The summed E-state index contributed by atoms with van der Waals surface area (Å²) < 4.78 is 6.36. The number of fused-ring (bicyclic) bond motifs is 1.